The maximum absolute atomic E-state index is 12.1. The summed E-state index contributed by atoms with van der Waals surface area (Å²) in [4.78, 5) is 34.4. The van der Waals surface area contributed by atoms with Crippen molar-refractivity contribution in [1.29, 1.82) is 0 Å². The Morgan fingerprint density at radius 1 is 0.952 bits per heavy atom. The normalized spacial score (nSPS) is 9.95. The highest BCUT2D eigenvalue weighted by Crippen LogP contribution is 2.18. The standard InChI is InChI=1S/C15H10ClNO4/c16-10-7-5-9(6-8-10)14(19)17-12-4-2-1-3-11(12)13(18)15(20)21/h1-8H,(H,17,19)(H,20,21). The monoisotopic (exact) mass is 303 g/mol. The summed E-state index contributed by atoms with van der Waals surface area (Å²) in [6.07, 6.45) is 0. The Morgan fingerprint density at radius 3 is 2.19 bits per heavy atom. The smallest absolute Gasteiger partial charge is 0.377 e. The molecule has 0 aliphatic rings. The van der Waals surface area contributed by atoms with Gasteiger partial charge in [0.15, 0.2) is 0 Å². The lowest BCUT2D eigenvalue weighted by Crippen LogP contribution is -2.18. The third-order valence-electron chi connectivity index (χ3n) is 2.72. The molecule has 0 radical (unpaired) electrons. The number of nitrogens with one attached hydrogen (secondary N) is 1. The number of hydrogen-bond donors (Lipinski definition) is 2. The maximum Gasteiger partial charge on any atom is 0.377 e. The number of aliphatic carboxylic acids is 1. The molecule has 2 aromatic carbocycles. The molecule has 0 bridgehead atoms. The summed E-state index contributed by atoms with van der Waals surface area (Å²) in [5, 5.41) is 11.8. The molecule has 1 amide bonds. The van der Waals surface area contributed by atoms with Crippen LogP contribution in [0.25, 0.3) is 0 Å². The fourth-order valence-corrected chi connectivity index (χ4v) is 1.83. The molecule has 5 nitrogen and oxygen atoms in total. The van der Waals surface area contributed by atoms with Gasteiger partial charge in [0.2, 0.25) is 0 Å². The molecule has 0 aliphatic carbocycles. The van der Waals surface area contributed by atoms with Crippen LogP contribution in [-0.4, -0.2) is 22.8 Å². The Hall–Kier alpha value is -2.66. The van der Waals surface area contributed by atoms with Gasteiger partial charge in [-0.25, -0.2) is 4.79 Å². The van der Waals surface area contributed by atoms with Gasteiger partial charge in [-0.2, -0.15) is 0 Å². The minimum atomic E-state index is -1.58. The van der Waals surface area contributed by atoms with Gasteiger partial charge in [-0.05, 0) is 36.4 Å². The van der Waals surface area contributed by atoms with Crippen molar-refractivity contribution in [2.75, 3.05) is 5.32 Å². The van der Waals surface area contributed by atoms with Crippen molar-refractivity contribution >= 4 is 34.9 Å². The maximum atomic E-state index is 12.1. The van der Waals surface area contributed by atoms with Gasteiger partial charge < -0.3 is 10.4 Å². The Morgan fingerprint density at radius 2 is 1.57 bits per heavy atom. The summed E-state index contributed by atoms with van der Waals surface area (Å²) in [7, 11) is 0. The second-order valence-electron chi connectivity index (χ2n) is 4.14. The van der Waals surface area contributed by atoms with E-state index in [4.69, 9.17) is 16.7 Å². The van der Waals surface area contributed by atoms with Crippen LogP contribution in [0.3, 0.4) is 0 Å². The molecule has 0 saturated heterocycles. The number of carboxylic acids is 1. The van der Waals surface area contributed by atoms with Crippen molar-refractivity contribution in [1.82, 2.24) is 0 Å². The van der Waals surface area contributed by atoms with Crippen molar-refractivity contribution in [3.8, 4) is 0 Å². The Kier molecular flexibility index (Phi) is 4.35. The number of Topliss-reactive ketones (excluding diaryl/α,β-unsaturated/α-hetero) is 1. The van der Waals surface area contributed by atoms with Crippen LogP contribution in [0.4, 0.5) is 5.69 Å². The number of rotatable bonds is 4. The van der Waals surface area contributed by atoms with E-state index in [2.05, 4.69) is 5.32 Å². The Bertz CT molecular complexity index is 710. The van der Waals surface area contributed by atoms with E-state index in [9.17, 15) is 14.4 Å². The molecule has 0 heterocycles. The number of amides is 1. The lowest BCUT2D eigenvalue weighted by atomic mass is 10.1. The van der Waals surface area contributed by atoms with Crippen LogP contribution in [-0.2, 0) is 4.79 Å². The summed E-state index contributed by atoms with van der Waals surface area (Å²) < 4.78 is 0. The average molecular weight is 304 g/mol. The summed E-state index contributed by atoms with van der Waals surface area (Å²) in [5.74, 6) is -3.12. The third-order valence-corrected chi connectivity index (χ3v) is 2.97. The van der Waals surface area contributed by atoms with Crippen LogP contribution in [0, 0.1) is 0 Å². The first-order chi connectivity index (χ1) is 9.99. The highest BCUT2D eigenvalue weighted by molar-refractivity contribution is 6.41. The fourth-order valence-electron chi connectivity index (χ4n) is 1.70. The van der Waals surface area contributed by atoms with E-state index in [1.54, 1.807) is 18.2 Å². The number of carbonyl (C=O) groups is 3. The summed E-state index contributed by atoms with van der Waals surface area (Å²) >= 11 is 5.74. The van der Waals surface area contributed by atoms with E-state index in [1.807, 2.05) is 0 Å². The van der Waals surface area contributed by atoms with Crippen molar-refractivity contribution in [2.45, 2.75) is 0 Å². The first-order valence-corrected chi connectivity index (χ1v) is 6.30. The zero-order chi connectivity index (χ0) is 15.4. The number of para-hydroxylation sites is 1. The van der Waals surface area contributed by atoms with Crippen molar-refractivity contribution in [3.63, 3.8) is 0 Å². The molecule has 0 aliphatic heterocycles. The van der Waals surface area contributed by atoms with Crippen LogP contribution in [0.5, 0.6) is 0 Å². The SMILES string of the molecule is O=C(O)C(=O)c1ccccc1NC(=O)c1ccc(Cl)cc1. The van der Waals surface area contributed by atoms with Gasteiger partial charge >= 0.3 is 5.97 Å². The molecule has 0 spiro atoms. The van der Waals surface area contributed by atoms with E-state index in [1.165, 1.54) is 30.3 Å². The van der Waals surface area contributed by atoms with E-state index in [0.717, 1.165) is 0 Å². The second-order valence-corrected chi connectivity index (χ2v) is 4.58. The minimum Gasteiger partial charge on any atom is -0.475 e. The van der Waals surface area contributed by atoms with Crippen molar-refractivity contribution in [2.24, 2.45) is 0 Å². The molecular formula is C15H10ClNO4. The largest absolute Gasteiger partial charge is 0.475 e. The molecule has 0 aromatic heterocycles. The van der Waals surface area contributed by atoms with E-state index < -0.39 is 17.7 Å². The number of ketones is 1. The predicted molar refractivity (Wildman–Crippen MR) is 77.8 cm³/mol. The predicted octanol–water partition coefficient (Wildman–Crippen LogP) is 2.86. The average Bonchev–Trinajstić information content (AvgIpc) is 2.47. The van der Waals surface area contributed by atoms with Crippen LogP contribution in [0.1, 0.15) is 20.7 Å². The number of carbonyl (C=O) groups excluding carboxylic acids is 2. The lowest BCUT2D eigenvalue weighted by molar-refractivity contribution is -0.131. The fraction of sp³-hybridized carbons (Fsp3) is 0. The molecular weight excluding hydrogens is 294 g/mol. The molecule has 106 valence electrons. The topological polar surface area (TPSA) is 83.5 Å². The number of anilines is 1. The molecule has 2 N–H and O–H groups in total. The van der Waals surface area contributed by atoms with Crippen LogP contribution in [0.2, 0.25) is 5.02 Å². The van der Waals surface area contributed by atoms with Gasteiger partial charge in [-0.15, -0.1) is 0 Å². The number of carboxylic acid groups (broad SMARTS) is 1. The van der Waals surface area contributed by atoms with Crippen molar-refractivity contribution < 1.29 is 19.5 Å². The molecule has 0 atom stereocenters. The second kappa shape index (κ2) is 6.19. The Labute approximate surface area is 125 Å². The molecule has 21 heavy (non-hydrogen) atoms. The zero-order valence-electron chi connectivity index (χ0n) is 10.7. The van der Waals surface area contributed by atoms with E-state index in [0.29, 0.717) is 10.6 Å². The first kappa shape index (κ1) is 14.7. The summed E-state index contributed by atoms with van der Waals surface area (Å²) in [5.41, 5.74) is 0.411. The van der Waals surface area contributed by atoms with E-state index >= 15 is 0 Å². The molecule has 0 saturated carbocycles. The number of halogens is 1. The van der Waals surface area contributed by atoms with Crippen molar-refractivity contribution in [3.05, 3.63) is 64.7 Å². The van der Waals surface area contributed by atoms with E-state index in [-0.39, 0.29) is 11.3 Å². The van der Waals surface area contributed by atoms with Crippen LogP contribution >= 0.6 is 11.6 Å². The first-order valence-electron chi connectivity index (χ1n) is 5.92. The van der Waals surface area contributed by atoms with Gasteiger partial charge in [-0.3, -0.25) is 9.59 Å². The highest BCUT2D eigenvalue weighted by atomic mass is 35.5. The van der Waals surface area contributed by atoms with Crippen LogP contribution < -0.4 is 5.32 Å². The molecule has 2 aromatic rings. The quantitative estimate of drug-likeness (QED) is 0.672. The van der Waals surface area contributed by atoms with Gasteiger partial charge in [0.05, 0.1) is 11.3 Å². The lowest BCUT2D eigenvalue weighted by Gasteiger charge is -2.09. The molecule has 2 rings (SSSR count). The minimum absolute atomic E-state index is 0.0766. The third kappa shape index (κ3) is 3.46. The molecule has 0 fully saturated rings. The molecule has 6 heteroatoms. The highest BCUT2D eigenvalue weighted by Gasteiger charge is 2.19. The summed E-state index contributed by atoms with van der Waals surface area (Å²) in [6.45, 7) is 0. The molecule has 0 unspecified atom stereocenters. The van der Waals surface area contributed by atoms with Crippen LogP contribution in [0.15, 0.2) is 48.5 Å². The van der Waals surface area contributed by atoms with Gasteiger partial charge in [0.1, 0.15) is 0 Å². The zero-order valence-corrected chi connectivity index (χ0v) is 11.4. The number of benzene rings is 2. The van der Waals surface area contributed by atoms with Gasteiger partial charge in [0.25, 0.3) is 11.7 Å². The van der Waals surface area contributed by atoms with Gasteiger partial charge in [0, 0.05) is 10.6 Å². The summed E-state index contributed by atoms with van der Waals surface area (Å²) in [6, 6.07) is 12.1. The Balaban J connectivity index is 2.27. The van der Waals surface area contributed by atoms with Gasteiger partial charge in [-0.1, -0.05) is 23.7 Å². The number of hydrogen-bond acceptors (Lipinski definition) is 3.